The van der Waals surface area contributed by atoms with Crippen molar-refractivity contribution in [3.8, 4) is 5.75 Å². The maximum absolute atomic E-state index is 11.8. The van der Waals surface area contributed by atoms with E-state index >= 15 is 0 Å². The van der Waals surface area contributed by atoms with Crippen molar-refractivity contribution in [3.05, 3.63) is 24.3 Å². The molecule has 1 amide bonds. The van der Waals surface area contributed by atoms with Gasteiger partial charge in [-0.1, -0.05) is 0 Å². The Morgan fingerprint density at radius 2 is 2.26 bits per heavy atom. The van der Waals surface area contributed by atoms with Gasteiger partial charge in [-0.2, -0.15) is 0 Å². The number of methoxy groups -OCH3 is 1. The number of thioether (sulfide) groups is 1. The topological polar surface area (TPSA) is 50.4 Å². The summed E-state index contributed by atoms with van der Waals surface area (Å²) in [6.45, 7) is 2.12. The van der Waals surface area contributed by atoms with Gasteiger partial charge in [0.1, 0.15) is 5.75 Å². The van der Waals surface area contributed by atoms with Crippen LogP contribution in [-0.4, -0.2) is 37.1 Å². The van der Waals surface area contributed by atoms with E-state index in [4.69, 9.17) is 4.74 Å². The highest BCUT2D eigenvalue weighted by Crippen LogP contribution is 2.19. The average Bonchev–Trinajstić information content (AvgIpc) is 2.47. The van der Waals surface area contributed by atoms with Crippen molar-refractivity contribution in [1.29, 1.82) is 0 Å². The molecule has 0 spiro atoms. The van der Waals surface area contributed by atoms with Gasteiger partial charge in [0.25, 0.3) is 0 Å². The minimum Gasteiger partial charge on any atom is -0.497 e. The van der Waals surface area contributed by atoms with Crippen LogP contribution in [-0.2, 0) is 4.79 Å². The van der Waals surface area contributed by atoms with Crippen molar-refractivity contribution >= 4 is 23.4 Å². The fourth-order valence-corrected chi connectivity index (χ4v) is 3.06. The first-order valence-electron chi connectivity index (χ1n) is 6.54. The molecule has 1 saturated heterocycles. The number of nitrogens with one attached hydrogen (secondary N) is 2. The van der Waals surface area contributed by atoms with E-state index in [0.717, 1.165) is 24.5 Å². The van der Waals surface area contributed by atoms with Crippen LogP contribution in [0.5, 0.6) is 5.75 Å². The van der Waals surface area contributed by atoms with Crippen LogP contribution < -0.4 is 15.4 Å². The normalized spacial score (nSPS) is 18.9. The molecule has 1 aliphatic heterocycles. The van der Waals surface area contributed by atoms with E-state index < -0.39 is 0 Å². The number of hydrogen-bond donors (Lipinski definition) is 2. The molecule has 4 nitrogen and oxygen atoms in total. The third kappa shape index (κ3) is 4.76. The van der Waals surface area contributed by atoms with Crippen molar-refractivity contribution < 1.29 is 9.53 Å². The lowest BCUT2D eigenvalue weighted by Crippen LogP contribution is -2.32. The highest BCUT2D eigenvalue weighted by atomic mass is 32.2. The third-order valence-corrected chi connectivity index (χ3v) is 4.38. The molecule has 1 fully saturated rings. The molecule has 0 saturated carbocycles. The van der Waals surface area contributed by atoms with Crippen molar-refractivity contribution in [1.82, 2.24) is 5.32 Å². The standard InChI is InChI=1S/C14H20N2O2S/c1-18-12-6-4-11(5-7-12)16-14(17)10-19-13-3-2-8-15-9-13/h4-7,13,15H,2-3,8-10H2,1H3,(H,16,17). The number of rotatable bonds is 5. The first kappa shape index (κ1) is 14.2. The number of hydrogen-bond acceptors (Lipinski definition) is 4. The summed E-state index contributed by atoms with van der Waals surface area (Å²) in [5.74, 6) is 1.36. The minimum absolute atomic E-state index is 0.0562. The van der Waals surface area contributed by atoms with Crippen LogP contribution in [0.3, 0.4) is 0 Å². The Kier molecular flexibility index (Phi) is 5.54. The largest absolute Gasteiger partial charge is 0.497 e. The van der Waals surface area contributed by atoms with Crippen molar-refractivity contribution in [3.63, 3.8) is 0 Å². The van der Waals surface area contributed by atoms with Gasteiger partial charge in [-0.05, 0) is 43.7 Å². The summed E-state index contributed by atoms with van der Waals surface area (Å²) in [7, 11) is 1.63. The van der Waals surface area contributed by atoms with Crippen molar-refractivity contribution in [2.24, 2.45) is 0 Å². The van der Waals surface area contributed by atoms with E-state index in [1.807, 2.05) is 24.3 Å². The first-order chi connectivity index (χ1) is 9.28. The molecule has 0 aliphatic carbocycles. The zero-order valence-electron chi connectivity index (χ0n) is 11.1. The molecule has 19 heavy (non-hydrogen) atoms. The van der Waals surface area contributed by atoms with E-state index in [1.54, 1.807) is 18.9 Å². The molecule has 5 heteroatoms. The third-order valence-electron chi connectivity index (χ3n) is 3.08. The number of anilines is 1. The van der Waals surface area contributed by atoms with E-state index in [-0.39, 0.29) is 5.91 Å². The second-order valence-electron chi connectivity index (χ2n) is 4.56. The molecule has 0 bridgehead atoms. The Balaban J connectivity index is 1.73. The summed E-state index contributed by atoms with van der Waals surface area (Å²) in [4.78, 5) is 11.8. The summed E-state index contributed by atoms with van der Waals surface area (Å²) >= 11 is 1.73. The molecule has 104 valence electrons. The maximum Gasteiger partial charge on any atom is 0.234 e. The molecule has 0 aromatic heterocycles. The van der Waals surface area contributed by atoms with Crippen molar-refractivity contribution in [2.45, 2.75) is 18.1 Å². The van der Waals surface area contributed by atoms with Gasteiger partial charge in [0, 0.05) is 17.5 Å². The monoisotopic (exact) mass is 280 g/mol. The lowest BCUT2D eigenvalue weighted by molar-refractivity contribution is -0.113. The fraction of sp³-hybridized carbons (Fsp3) is 0.500. The van der Waals surface area contributed by atoms with Gasteiger partial charge >= 0.3 is 0 Å². The summed E-state index contributed by atoms with van der Waals surface area (Å²) < 4.78 is 5.08. The first-order valence-corrected chi connectivity index (χ1v) is 7.59. The van der Waals surface area contributed by atoms with Gasteiger partial charge in [0.15, 0.2) is 0 Å². The van der Waals surface area contributed by atoms with Crippen LogP contribution in [0.4, 0.5) is 5.69 Å². The molecule has 0 radical (unpaired) electrons. The summed E-state index contributed by atoms with van der Waals surface area (Å²) in [5, 5.41) is 6.82. The van der Waals surface area contributed by atoms with E-state index in [0.29, 0.717) is 11.0 Å². The predicted octanol–water partition coefficient (Wildman–Crippen LogP) is 2.12. The van der Waals surface area contributed by atoms with Crippen LogP contribution in [0, 0.1) is 0 Å². The minimum atomic E-state index is 0.0562. The lowest BCUT2D eigenvalue weighted by Gasteiger charge is -2.21. The quantitative estimate of drug-likeness (QED) is 0.867. The second kappa shape index (κ2) is 7.40. The van der Waals surface area contributed by atoms with Gasteiger partial charge < -0.3 is 15.4 Å². The summed E-state index contributed by atoms with van der Waals surface area (Å²) in [5.41, 5.74) is 0.813. The van der Waals surface area contributed by atoms with Gasteiger partial charge in [-0.3, -0.25) is 4.79 Å². The number of carbonyl (C=O) groups is 1. The summed E-state index contributed by atoms with van der Waals surface area (Å²) in [6.07, 6.45) is 2.41. The Morgan fingerprint density at radius 1 is 1.47 bits per heavy atom. The SMILES string of the molecule is COc1ccc(NC(=O)CSC2CCCNC2)cc1. The van der Waals surface area contributed by atoms with Crippen LogP contribution >= 0.6 is 11.8 Å². The number of ether oxygens (including phenoxy) is 1. The molecular weight excluding hydrogens is 260 g/mol. The van der Waals surface area contributed by atoms with Gasteiger partial charge in [-0.15, -0.1) is 11.8 Å². The van der Waals surface area contributed by atoms with E-state index in [9.17, 15) is 4.79 Å². The molecular formula is C14H20N2O2S. The molecule has 1 aromatic rings. The number of carbonyl (C=O) groups excluding carboxylic acids is 1. The van der Waals surface area contributed by atoms with Crippen LogP contribution in [0.15, 0.2) is 24.3 Å². The van der Waals surface area contributed by atoms with Gasteiger partial charge in [0.05, 0.1) is 12.9 Å². The molecule has 2 rings (SSSR count). The predicted molar refractivity (Wildman–Crippen MR) is 80.0 cm³/mol. The van der Waals surface area contributed by atoms with Gasteiger partial charge in [-0.25, -0.2) is 0 Å². The molecule has 1 aromatic carbocycles. The Bertz CT molecular complexity index is 402. The maximum atomic E-state index is 11.8. The van der Waals surface area contributed by atoms with E-state index in [2.05, 4.69) is 10.6 Å². The van der Waals surface area contributed by atoms with Crippen LogP contribution in [0.25, 0.3) is 0 Å². The van der Waals surface area contributed by atoms with Crippen molar-refractivity contribution in [2.75, 3.05) is 31.3 Å². The van der Waals surface area contributed by atoms with Crippen LogP contribution in [0.1, 0.15) is 12.8 Å². The Hall–Kier alpha value is -1.20. The lowest BCUT2D eigenvalue weighted by atomic mass is 10.2. The second-order valence-corrected chi connectivity index (χ2v) is 5.84. The molecule has 1 unspecified atom stereocenters. The average molecular weight is 280 g/mol. The van der Waals surface area contributed by atoms with Gasteiger partial charge in [0.2, 0.25) is 5.91 Å². The number of piperidine rings is 1. The Labute approximate surface area is 118 Å². The molecule has 2 N–H and O–H groups in total. The molecule has 1 atom stereocenters. The Morgan fingerprint density at radius 3 is 2.89 bits per heavy atom. The fourth-order valence-electron chi connectivity index (χ4n) is 2.03. The highest BCUT2D eigenvalue weighted by Gasteiger charge is 2.14. The number of benzene rings is 1. The zero-order valence-corrected chi connectivity index (χ0v) is 12.0. The number of amides is 1. The highest BCUT2D eigenvalue weighted by molar-refractivity contribution is 8.00. The van der Waals surface area contributed by atoms with Crippen LogP contribution in [0.2, 0.25) is 0 Å². The zero-order chi connectivity index (χ0) is 13.5. The molecule has 1 aliphatic rings. The van der Waals surface area contributed by atoms with E-state index in [1.165, 1.54) is 12.8 Å². The molecule has 1 heterocycles. The summed E-state index contributed by atoms with van der Waals surface area (Å²) in [6, 6.07) is 7.38. The smallest absolute Gasteiger partial charge is 0.234 e.